The molecule has 0 unspecified atom stereocenters. The minimum Gasteiger partial charge on any atom is -0.0648 e. The third-order valence-electron chi connectivity index (χ3n) is 2.95. The van der Waals surface area contributed by atoms with Gasteiger partial charge in [0.15, 0.2) is 0 Å². The Hall–Kier alpha value is 0.597. The van der Waals surface area contributed by atoms with Crippen LogP contribution in [0.25, 0.3) is 0 Å². The largest absolute Gasteiger partial charge is 1.00 e. The molecule has 0 N–H and O–H groups in total. The minimum atomic E-state index is 0. The molecule has 1 fully saturated rings. The number of hydrogen-bond donors (Lipinski definition) is 0. The van der Waals surface area contributed by atoms with Gasteiger partial charge in [0.2, 0.25) is 0 Å². The van der Waals surface area contributed by atoms with Gasteiger partial charge in [-0.25, -0.2) is 0 Å². The molecule has 0 saturated heterocycles. The van der Waals surface area contributed by atoms with Gasteiger partial charge in [-0.2, -0.15) is 0 Å². The molecule has 1 saturated carbocycles. The maximum Gasteiger partial charge on any atom is 1.00 e. The van der Waals surface area contributed by atoms with Crippen molar-refractivity contribution in [2.45, 2.75) is 41.0 Å². The molecule has 0 aromatic heterocycles. The van der Waals surface area contributed by atoms with Crippen molar-refractivity contribution >= 4 is 0 Å². The van der Waals surface area contributed by atoms with E-state index in [-0.39, 0.29) is 18.9 Å². The molecular formula is C11H17Li+. The van der Waals surface area contributed by atoms with Crippen LogP contribution in [0, 0.1) is 29.6 Å². The van der Waals surface area contributed by atoms with Crippen molar-refractivity contribution in [3.05, 3.63) is 29.6 Å². The van der Waals surface area contributed by atoms with Gasteiger partial charge in [0.1, 0.15) is 0 Å². The van der Waals surface area contributed by atoms with Crippen LogP contribution in [0.4, 0.5) is 0 Å². The van der Waals surface area contributed by atoms with Crippen LogP contribution in [0.1, 0.15) is 41.0 Å². The van der Waals surface area contributed by atoms with Gasteiger partial charge in [-0.15, -0.1) is 0 Å². The van der Waals surface area contributed by atoms with Gasteiger partial charge in [-0.1, -0.05) is 34.6 Å². The summed E-state index contributed by atoms with van der Waals surface area (Å²) in [4.78, 5) is 0. The summed E-state index contributed by atoms with van der Waals surface area (Å²) in [5, 5.41) is 0. The maximum atomic E-state index is 2.23. The third-order valence-corrected chi connectivity index (χ3v) is 2.95. The normalized spacial score (nSPS) is 24.8. The monoisotopic (exact) mass is 156 g/mol. The zero-order valence-electron chi connectivity index (χ0n) is 9.21. The second kappa shape index (κ2) is 4.73. The Labute approximate surface area is 89.7 Å². The molecule has 0 amide bonds. The van der Waals surface area contributed by atoms with Crippen molar-refractivity contribution in [3.63, 3.8) is 0 Å². The summed E-state index contributed by atoms with van der Waals surface area (Å²) in [6.07, 6.45) is 1.17. The van der Waals surface area contributed by atoms with E-state index >= 15 is 0 Å². The first-order valence-electron chi connectivity index (χ1n) is 4.31. The molecule has 61 valence electrons. The van der Waals surface area contributed by atoms with Crippen LogP contribution >= 0.6 is 0 Å². The first-order chi connectivity index (χ1) is 5.09. The van der Waals surface area contributed by atoms with E-state index in [1.54, 1.807) is 5.92 Å². The summed E-state index contributed by atoms with van der Waals surface area (Å²) in [5.74, 6) is 7.53. The molecule has 1 aliphatic carbocycles. The van der Waals surface area contributed by atoms with Crippen molar-refractivity contribution in [1.29, 1.82) is 0 Å². The van der Waals surface area contributed by atoms with Gasteiger partial charge in [-0.3, -0.25) is 0 Å². The van der Waals surface area contributed by atoms with E-state index in [0.717, 1.165) is 0 Å². The molecule has 1 heteroatoms. The van der Waals surface area contributed by atoms with Crippen molar-refractivity contribution in [1.82, 2.24) is 0 Å². The van der Waals surface area contributed by atoms with Gasteiger partial charge in [-0.05, 0) is 36.0 Å². The molecule has 0 nitrogen and oxygen atoms in total. The average molecular weight is 156 g/mol. The molecule has 0 spiro atoms. The Kier molecular flexibility index (Phi) is 4.96. The summed E-state index contributed by atoms with van der Waals surface area (Å²) in [6, 6.07) is 0. The van der Waals surface area contributed by atoms with Gasteiger partial charge >= 0.3 is 18.9 Å². The molecular weight excluding hydrogens is 139 g/mol. The molecule has 1 aliphatic rings. The number of hydrogen-bond acceptors (Lipinski definition) is 0. The van der Waals surface area contributed by atoms with Gasteiger partial charge < -0.3 is 0 Å². The van der Waals surface area contributed by atoms with Gasteiger partial charge in [0.25, 0.3) is 0 Å². The molecule has 12 heavy (non-hydrogen) atoms. The Balaban J connectivity index is 0.00000121. The predicted octanol–water partition coefficient (Wildman–Crippen LogP) is 0.366. The fourth-order valence-corrected chi connectivity index (χ4v) is 1.83. The Morgan fingerprint density at radius 3 is 1.25 bits per heavy atom. The summed E-state index contributed by atoms with van der Waals surface area (Å²) >= 11 is 0. The summed E-state index contributed by atoms with van der Waals surface area (Å²) in [7, 11) is 0. The Morgan fingerprint density at radius 2 is 1.08 bits per heavy atom. The smallest absolute Gasteiger partial charge is 0.0648 e. The van der Waals surface area contributed by atoms with E-state index in [1.165, 1.54) is 30.1 Å². The van der Waals surface area contributed by atoms with E-state index in [9.17, 15) is 0 Å². The molecule has 0 aromatic rings. The van der Waals surface area contributed by atoms with Crippen LogP contribution in [-0.4, -0.2) is 0 Å². The summed E-state index contributed by atoms with van der Waals surface area (Å²) in [5.41, 5.74) is 0. The molecule has 0 aliphatic heterocycles. The predicted molar refractivity (Wildman–Crippen MR) is 49.2 cm³/mol. The first kappa shape index (κ1) is 12.6. The SMILES string of the molecule is CC[C]1[C](C)[C](C)[C](C)[C]1C.[Li+]. The van der Waals surface area contributed by atoms with Crippen molar-refractivity contribution in [3.8, 4) is 0 Å². The molecule has 0 heterocycles. The Morgan fingerprint density at radius 1 is 0.750 bits per heavy atom. The fourth-order valence-electron chi connectivity index (χ4n) is 1.83. The van der Waals surface area contributed by atoms with E-state index in [4.69, 9.17) is 0 Å². The van der Waals surface area contributed by atoms with Crippen LogP contribution in [0.2, 0.25) is 0 Å². The van der Waals surface area contributed by atoms with E-state index in [1.807, 2.05) is 0 Å². The van der Waals surface area contributed by atoms with Crippen molar-refractivity contribution in [2.24, 2.45) is 0 Å². The second-order valence-electron chi connectivity index (χ2n) is 3.33. The van der Waals surface area contributed by atoms with Crippen LogP contribution in [0.3, 0.4) is 0 Å². The minimum absolute atomic E-state index is 0. The van der Waals surface area contributed by atoms with Crippen LogP contribution in [0.5, 0.6) is 0 Å². The quantitative estimate of drug-likeness (QED) is 0.481. The molecule has 1 rings (SSSR count). The summed E-state index contributed by atoms with van der Waals surface area (Å²) in [6.45, 7) is 11.1. The van der Waals surface area contributed by atoms with Crippen molar-refractivity contribution < 1.29 is 18.9 Å². The fraction of sp³-hybridized carbons (Fsp3) is 0.545. The second-order valence-corrected chi connectivity index (χ2v) is 3.33. The molecule has 0 atom stereocenters. The molecule has 5 radical (unpaired) electrons. The first-order valence-corrected chi connectivity index (χ1v) is 4.31. The molecule has 0 aromatic carbocycles. The zero-order chi connectivity index (χ0) is 8.59. The van der Waals surface area contributed by atoms with Crippen molar-refractivity contribution in [2.75, 3.05) is 0 Å². The van der Waals surface area contributed by atoms with E-state index in [2.05, 4.69) is 34.6 Å². The third kappa shape index (κ3) is 1.91. The summed E-state index contributed by atoms with van der Waals surface area (Å²) < 4.78 is 0. The van der Waals surface area contributed by atoms with Crippen LogP contribution in [-0.2, 0) is 0 Å². The standard InChI is InChI=1S/C11H17.Li/c1-6-11-9(4)7(2)8(3)10(11)5;/h6H2,1-5H3;/q;+1. The topological polar surface area (TPSA) is 0 Å². The van der Waals surface area contributed by atoms with Gasteiger partial charge in [0, 0.05) is 0 Å². The average Bonchev–Trinajstić information content (AvgIpc) is 2.17. The van der Waals surface area contributed by atoms with Crippen LogP contribution < -0.4 is 18.9 Å². The van der Waals surface area contributed by atoms with E-state index < -0.39 is 0 Å². The van der Waals surface area contributed by atoms with E-state index in [0.29, 0.717) is 0 Å². The maximum absolute atomic E-state index is 2.23. The zero-order valence-corrected chi connectivity index (χ0v) is 9.21. The molecule has 0 bridgehead atoms. The Bertz CT molecular complexity index is 119. The van der Waals surface area contributed by atoms with Crippen LogP contribution in [0.15, 0.2) is 0 Å². The number of rotatable bonds is 1. The van der Waals surface area contributed by atoms with Gasteiger partial charge in [0.05, 0.1) is 0 Å².